The zero-order chi connectivity index (χ0) is 22.8. The van der Waals surface area contributed by atoms with Crippen molar-refractivity contribution in [3.05, 3.63) is 64.7 Å². The van der Waals surface area contributed by atoms with E-state index in [2.05, 4.69) is 0 Å². The van der Waals surface area contributed by atoms with Crippen LogP contribution in [0.4, 0.5) is 13.2 Å². The molecule has 1 heterocycles. The maximum absolute atomic E-state index is 13.3. The van der Waals surface area contributed by atoms with Crippen LogP contribution in [0.15, 0.2) is 42.5 Å². The van der Waals surface area contributed by atoms with Gasteiger partial charge in [0.2, 0.25) is 0 Å². The monoisotopic (exact) mass is 434 g/mol. The first kappa shape index (κ1) is 22.7. The number of carbonyl (C=O) groups excluding carboxylic acids is 2. The lowest BCUT2D eigenvalue weighted by molar-refractivity contribution is -0.187. The summed E-state index contributed by atoms with van der Waals surface area (Å²) in [6, 6.07) is 10.7. The number of methoxy groups -OCH3 is 1. The van der Waals surface area contributed by atoms with Gasteiger partial charge in [-0.2, -0.15) is 13.2 Å². The molecule has 1 atom stereocenters. The first-order valence-electron chi connectivity index (χ1n) is 10.1. The standard InChI is InChI=1S/C23H25F3N2O3/c1-4-27(5-2)21(29)16-8-6-15(7-9-16)20-19-11-10-18(31-3)14-17(19)12-13-28(20)22(30)23(24,25)26/h6-11,14,20H,4-5,12-13H2,1-3H3. The lowest BCUT2D eigenvalue weighted by atomic mass is 9.87. The van der Waals surface area contributed by atoms with E-state index in [0.29, 0.717) is 42.0 Å². The van der Waals surface area contributed by atoms with E-state index in [1.54, 1.807) is 47.4 Å². The van der Waals surface area contributed by atoms with E-state index < -0.39 is 18.1 Å². The average molecular weight is 434 g/mol. The van der Waals surface area contributed by atoms with Crippen molar-refractivity contribution in [3.8, 4) is 5.75 Å². The Bertz CT molecular complexity index is 954. The first-order chi connectivity index (χ1) is 14.7. The Balaban J connectivity index is 2.03. The molecule has 0 saturated heterocycles. The van der Waals surface area contributed by atoms with Crippen LogP contribution in [0.25, 0.3) is 0 Å². The summed E-state index contributed by atoms with van der Waals surface area (Å²) in [4.78, 5) is 27.3. The molecule has 8 heteroatoms. The zero-order valence-electron chi connectivity index (χ0n) is 17.7. The van der Waals surface area contributed by atoms with Gasteiger partial charge in [0.05, 0.1) is 13.2 Å². The molecule has 31 heavy (non-hydrogen) atoms. The molecule has 0 spiro atoms. The molecule has 0 saturated carbocycles. The summed E-state index contributed by atoms with van der Waals surface area (Å²) in [5, 5.41) is 0. The smallest absolute Gasteiger partial charge is 0.471 e. The minimum atomic E-state index is -4.97. The Hall–Kier alpha value is -3.03. The predicted octanol–water partition coefficient (Wildman–Crippen LogP) is 4.21. The lowest BCUT2D eigenvalue weighted by Crippen LogP contribution is -2.46. The Kier molecular flexibility index (Phi) is 6.57. The topological polar surface area (TPSA) is 49.9 Å². The molecule has 0 bridgehead atoms. The molecule has 2 aromatic rings. The molecule has 0 fully saturated rings. The number of nitrogens with zero attached hydrogens (tertiary/aromatic N) is 2. The first-order valence-corrected chi connectivity index (χ1v) is 10.1. The summed E-state index contributed by atoms with van der Waals surface area (Å²) < 4.78 is 45.1. The summed E-state index contributed by atoms with van der Waals surface area (Å²) in [6.07, 6.45) is -4.68. The quantitative estimate of drug-likeness (QED) is 0.708. The molecular weight excluding hydrogens is 409 g/mol. The van der Waals surface area contributed by atoms with Gasteiger partial charge in [-0.3, -0.25) is 9.59 Å². The van der Waals surface area contributed by atoms with Gasteiger partial charge in [0, 0.05) is 25.2 Å². The molecule has 0 radical (unpaired) electrons. The Morgan fingerprint density at radius 1 is 1.10 bits per heavy atom. The number of carbonyl (C=O) groups is 2. The van der Waals surface area contributed by atoms with Crippen LogP contribution < -0.4 is 4.74 Å². The third kappa shape index (κ3) is 4.52. The maximum Gasteiger partial charge on any atom is 0.471 e. The van der Waals surface area contributed by atoms with Crippen molar-refractivity contribution < 1.29 is 27.5 Å². The van der Waals surface area contributed by atoms with Gasteiger partial charge in [0.25, 0.3) is 5.91 Å². The molecule has 0 aromatic heterocycles. The molecule has 5 nitrogen and oxygen atoms in total. The molecular formula is C23H25F3N2O3. The van der Waals surface area contributed by atoms with Crippen molar-refractivity contribution >= 4 is 11.8 Å². The Labute approximate surface area is 179 Å². The molecule has 1 aliphatic heterocycles. The summed E-state index contributed by atoms with van der Waals surface area (Å²) in [6.45, 7) is 4.81. The number of halogens is 3. The third-order valence-corrected chi connectivity index (χ3v) is 5.61. The van der Waals surface area contributed by atoms with Crippen molar-refractivity contribution in [1.82, 2.24) is 9.80 Å². The van der Waals surface area contributed by atoms with Gasteiger partial charge < -0.3 is 14.5 Å². The number of hydrogen-bond acceptors (Lipinski definition) is 3. The normalized spacial score (nSPS) is 15.9. The van der Waals surface area contributed by atoms with Gasteiger partial charge >= 0.3 is 12.1 Å². The minimum absolute atomic E-state index is 0.0662. The summed E-state index contributed by atoms with van der Waals surface area (Å²) >= 11 is 0. The van der Waals surface area contributed by atoms with Crippen LogP contribution in [0.5, 0.6) is 5.75 Å². The van der Waals surface area contributed by atoms with Crippen LogP contribution in [-0.4, -0.2) is 54.5 Å². The summed E-state index contributed by atoms with van der Waals surface area (Å²) in [7, 11) is 1.52. The zero-order valence-corrected chi connectivity index (χ0v) is 17.7. The number of hydrogen-bond donors (Lipinski definition) is 0. The SMILES string of the molecule is CCN(CC)C(=O)c1ccc(C2c3ccc(OC)cc3CCN2C(=O)C(F)(F)F)cc1. The fourth-order valence-corrected chi connectivity index (χ4v) is 3.97. The van der Waals surface area contributed by atoms with Gasteiger partial charge in [-0.05, 0) is 61.2 Å². The second-order valence-corrected chi connectivity index (χ2v) is 7.31. The van der Waals surface area contributed by atoms with Gasteiger partial charge in [-0.1, -0.05) is 18.2 Å². The summed E-state index contributed by atoms with van der Waals surface area (Å²) in [5.41, 5.74) is 2.41. The summed E-state index contributed by atoms with van der Waals surface area (Å²) in [5.74, 6) is -1.41. The number of alkyl halides is 3. The highest BCUT2D eigenvalue weighted by molar-refractivity contribution is 5.94. The van der Waals surface area contributed by atoms with E-state index in [0.717, 1.165) is 10.5 Å². The highest BCUT2D eigenvalue weighted by atomic mass is 19.4. The van der Waals surface area contributed by atoms with Crippen molar-refractivity contribution in [2.45, 2.75) is 32.5 Å². The van der Waals surface area contributed by atoms with E-state index in [1.807, 2.05) is 13.8 Å². The number of fused-ring (bicyclic) bond motifs is 1. The van der Waals surface area contributed by atoms with E-state index in [1.165, 1.54) is 7.11 Å². The van der Waals surface area contributed by atoms with Crippen LogP contribution in [0.1, 0.15) is 46.9 Å². The van der Waals surface area contributed by atoms with E-state index in [-0.39, 0.29) is 12.5 Å². The Morgan fingerprint density at radius 2 is 1.74 bits per heavy atom. The number of benzene rings is 2. The van der Waals surface area contributed by atoms with Gasteiger partial charge in [0.15, 0.2) is 0 Å². The fraction of sp³-hybridized carbons (Fsp3) is 0.391. The van der Waals surface area contributed by atoms with E-state index >= 15 is 0 Å². The largest absolute Gasteiger partial charge is 0.497 e. The predicted molar refractivity (Wildman–Crippen MR) is 110 cm³/mol. The van der Waals surface area contributed by atoms with Crippen molar-refractivity contribution in [2.75, 3.05) is 26.7 Å². The molecule has 2 amide bonds. The van der Waals surface area contributed by atoms with Gasteiger partial charge in [-0.15, -0.1) is 0 Å². The van der Waals surface area contributed by atoms with Crippen molar-refractivity contribution in [3.63, 3.8) is 0 Å². The van der Waals surface area contributed by atoms with Gasteiger partial charge in [0.1, 0.15) is 5.75 Å². The van der Waals surface area contributed by atoms with Crippen LogP contribution >= 0.6 is 0 Å². The lowest BCUT2D eigenvalue weighted by Gasteiger charge is -2.38. The van der Waals surface area contributed by atoms with E-state index in [9.17, 15) is 22.8 Å². The molecule has 0 aliphatic carbocycles. The molecule has 2 aromatic carbocycles. The second kappa shape index (κ2) is 8.99. The number of amides is 2. The number of rotatable bonds is 5. The molecule has 1 aliphatic rings. The molecule has 3 rings (SSSR count). The van der Waals surface area contributed by atoms with Crippen LogP contribution in [0.3, 0.4) is 0 Å². The third-order valence-electron chi connectivity index (χ3n) is 5.61. The average Bonchev–Trinajstić information content (AvgIpc) is 2.77. The van der Waals surface area contributed by atoms with Crippen LogP contribution in [0.2, 0.25) is 0 Å². The minimum Gasteiger partial charge on any atom is -0.497 e. The second-order valence-electron chi connectivity index (χ2n) is 7.31. The van der Waals surface area contributed by atoms with E-state index in [4.69, 9.17) is 4.74 Å². The molecule has 166 valence electrons. The highest BCUT2D eigenvalue weighted by Gasteiger charge is 2.46. The Morgan fingerprint density at radius 3 is 2.29 bits per heavy atom. The van der Waals surface area contributed by atoms with Crippen LogP contribution in [0, 0.1) is 0 Å². The van der Waals surface area contributed by atoms with Crippen LogP contribution in [-0.2, 0) is 11.2 Å². The fourth-order valence-electron chi connectivity index (χ4n) is 3.97. The molecule has 1 unspecified atom stereocenters. The van der Waals surface area contributed by atoms with Gasteiger partial charge in [-0.25, -0.2) is 0 Å². The maximum atomic E-state index is 13.3. The van der Waals surface area contributed by atoms with Crippen molar-refractivity contribution in [1.29, 1.82) is 0 Å². The molecule has 0 N–H and O–H groups in total. The number of ether oxygens (including phenoxy) is 1. The highest BCUT2D eigenvalue weighted by Crippen LogP contribution is 2.39. The van der Waals surface area contributed by atoms with Crippen molar-refractivity contribution in [2.24, 2.45) is 0 Å².